The zero-order valence-corrected chi connectivity index (χ0v) is 15.2. The van der Waals surface area contributed by atoms with Gasteiger partial charge in [-0.3, -0.25) is 9.59 Å². The summed E-state index contributed by atoms with van der Waals surface area (Å²) in [6, 6.07) is 2.46. The van der Waals surface area contributed by atoms with Crippen molar-refractivity contribution in [1.82, 2.24) is 4.90 Å². The van der Waals surface area contributed by atoms with E-state index in [4.69, 9.17) is 20.9 Å². The second kappa shape index (κ2) is 8.07. The number of carbonyl (C=O) groups is 3. The Morgan fingerprint density at radius 3 is 2.71 bits per heavy atom. The summed E-state index contributed by atoms with van der Waals surface area (Å²) in [4.78, 5) is 36.2. The van der Waals surface area contributed by atoms with Gasteiger partial charge >= 0.3 is 13.1 Å². The molecule has 0 aromatic heterocycles. The number of ether oxygens (including phenoxy) is 1. The van der Waals surface area contributed by atoms with Crippen LogP contribution in [-0.2, 0) is 16.0 Å². The third-order valence-corrected chi connectivity index (χ3v) is 4.80. The lowest BCUT2D eigenvalue weighted by Crippen LogP contribution is -2.60. The molecule has 150 valence electrons. The number of nitrogens with zero attached hydrogens (tertiary/aromatic N) is 1. The van der Waals surface area contributed by atoms with Crippen LogP contribution in [-0.4, -0.2) is 65.2 Å². The number of fused-ring (bicyclic) bond motifs is 1. The Morgan fingerprint density at radius 1 is 1.36 bits per heavy atom. The van der Waals surface area contributed by atoms with E-state index in [0.717, 1.165) is 0 Å². The number of carbonyl (C=O) groups excluding carboxylic acids is 2. The summed E-state index contributed by atoms with van der Waals surface area (Å²) in [5.41, 5.74) is 11.4. The van der Waals surface area contributed by atoms with Crippen LogP contribution in [0, 0.1) is 0 Å². The van der Waals surface area contributed by atoms with Gasteiger partial charge in [0.05, 0.1) is 19.1 Å². The maximum Gasteiger partial charge on any atom is 0.522 e. The minimum absolute atomic E-state index is 0.0314. The summed E-state index contributed by atoms with van der Waals surface area (Å²) in [6.45, 7) is 0.505. The number of carboxylic acid groups (broad SMARTS) is 1. The van der Waals surface area contributed by atoms with Crippen molar-refractivity contribution in [3.05, 3.63) is 23.3 Å². The molecule has 1 aromatic carbocycles. The Balaban J connectivity index is 1.63. The van der Waals surface area contributed by atoms with E-state index in [2.05, 4.69) is 0 Å². The largest absolute Gasteiger partial charge is 0.535 e. The highest BCUT2D eigenvalue weighted by Gasteiger charge is 2.36. The quantitative estimate of drug-likeness (QED) is 0.429. The van der Waals surface area contributed by atoms with E-state index >= 15 is 0 Å². The first-order chi connectivity index (χ1) is 13.3. The number of aryl methyl sites for hydroxylation is 1. The monoisotopic (exact) mass is 391 g/mol. The summed E-state index contributed by atoms with van der Waals surface area (Å²) < 4.78 is 11.1. The highest BCUT2D eigenvalue weighted by Crippen LogP contribution is 2.37. The first-order valence-electron chi connectivity index (χ1n) is 8.99. The van der Waals surface area contributed by atoms with Crippen molar-refractivity contribution in [2.75, 3.05) is 13.1 Å². The standard InChI is InChI=1S/C17H22BN3O7/c19-11(2-4-13(20)22)16(23)21-7-10(8-21)27-12-3-1-9-5-6-18(26)28-15(9)14(12)17(24)25/h1,3,10-11,26H,2,4-8,19H2,(H2,20,22)(H,24,25). The van der Waals surface area contributed by atoms with Crippen molar-refractivity contribution < 1.29 is 33.9 Å². The summed E-state index contributed by atoms with van der Waals surface area (Å²) in [5.74, 6) is -1.81. The predicted molar refractivity (Wildman–Crippen MR) is 97.9 cm³/mol. The van der Waals surface area contributed by atoms with E-state index < -0.39 is 31.1 Å². The van der Waals surface area contributed by atoms with Crippen LogP contribution in [0.3, 0.4) is 0 Å². The molecule has 0 saturated carbocycles. The molecule has 1 aromatic rings. The number of hydrogen-bond donors (Lipinski definition) is 4. The second-order valence-electron chi connectivity index (χ2n) is 6.94. The fourth-order valence-electron chi connectivity index (χ4n) is 3.24. The summed E-state index contributed by atoms with van der Waals surface area (Å²) in [7, 11) is -1.06. The van der Waals surface area contributed by atoms with Crippen LogP contribution in [0.4, 0.5) is 0 Å². The molecule has 0 bridgehead atoms. The molecule has 3 rings (SSSR count). The molecule has 28 heavy (non-hydrogen) atoms. The SMILES string of the molecule is NC(=O)CCC(N)C(=O)N1CC(Oc2ccc3c(c2C(=O)O)OB(O)CC3)C1. The number of aromatic carboxylic acids is 1. The van der Waals surface area contributed by atoms with Crippen LogP contribution in [0.25, 0.3) is 0 Å². The van der Waals surface area contributed by atoms with Gasteiger partial charge in [-0.25, -0.2) is 4.79 Å². The van der Waals surface area contributed by atoms with Crippen molar-refractivity contribution in [3.63, 3.8) is 0 Å². The minimum Gasteiger partial charge on any atom is -0.535 e. The van der Waals surface area contributed by atoms with Gasteiger partial charge in [0.2, 0.25) is 11.8 Å². The third-order valence-electron chi connectivity index (χ3n) is 4.80. The Kier molecular flexibility index (Phi) is 5.75. The van der Waals surface area contributed by atoms with E-state index in [1.807, 2.05) is 0 Å². The van der Waals surface area contributed by atoms with Gasteiger partial charge in [0.25, 0.3) is 0 Å². The second-order valence-corrected chi connectivity index (χ2v) is 6.94. The first kappa shape index (κ1) is 20.0. The number of rotatable bonds is 7. The van der Waals surface area contributed by atoms with E-state index in [9.17, 15) is 24.5 Å². The molecule has 1 atom stereocenters. The lowest BCUT2D eigenvalue weighted by Gasteiger charge is -2.40. The number of amides is 2. The lowest BCUT2D eigenvalue weighted by molar-refractivity contribution is -0.141. The maximum absolute atomic E-state index is 12.2. The molecular weight excluding hydrogens is 369 g/mol. The van der Waals surface area contributed by atoms with E-state index in [1.165, 1.54) is 4.90 Å². The van der Waals surface area contributed by atoms with Gasteiger partial charge in [0.15, 0.2) is 0 Å². The lowest BCUT2D eigenvalue weighted by atomic mass is 9.78. The molecule has 1 unspecified atom stereocenters. The average molecular weight is 391 g/mol. The third kappa shape index (κ3) is 4.20. The predicted octanol–water partition coefficient (Wildman–Crippen LogP) is -1.02. The molecule has 2 aliphatic heterocycles. The van der Waals surface area contributed by atoms with Gasteiger partial charge in [-0.15, -0.1) is 0 Å². The first-order valence-corrected chi connectivity index (χ1v) is 8.99. The molecule has 6 N–H and O–H groups in total. The molecule has 10 nitrogen and oxygen atoms in total. The normalized spacial score (nSPS) is 17.2. The van der Waals surface area contributed by atoms with E-state index in [1.54, 1.807) is 12.1 Å². The number of hydrogen-bond acceptors (Lipinski definition) is 7. The van der Waals surface area contributed by atoms with E-state index in [0.29, 0.717) is 18.3 Å². The molecule has 1 saturated heterocycles. The highest BCUT2D eigenvalue weighted by atomic mass is 16.5. The van der Waals surface area contributed by atoms with Crippen LogP contribution in [0.5, 0.6) is 11.5 Å². The van der Waals surface area contributed by atoms with Crippen LogP contribution in [0.15, 0.2) is 12.1 Å². The van der Waals surface area contributed by atoms with Gasteiger partial charge in [-0.2, -0.15) is 0 Å². The molecule has 1 fully saturated rings. The van der Waals surface area contributed by atoms with Crippen molar-refractivity contribution in [2.45, 2.75) is 37.7 Å². The van der Waals surface area contributed by atoms with Crippen molar-refractivity contribution in [1.29, 1.82) is 0 Å². The molecule has 0 spiro atoms. The van der Waals surface area contributed by atoms with Gasteiger partial charge in [0, 0.05) is 6.42 Å². The zero-order chi connectivity index (χ0) is 20.4. The van der Waals surface area contributed by atoms with E-state index in [-0.39, 0.29) is 48.9 Å². The summed E-state index contributed by atoms with van der Waals surface area (Å²) in [6.07, 6.45) is 0.707. The smallest absolute Gasteiger partial charge is 0.522 e. The van der Waals surface area contributed by atoms with Crippen LogP contribution < -0.4 is 20.9 Å². The van der Waals surface area contributed by atoms with Crippen molar-refractivity contribution in [3.8, 4) is 11.5 Å². The average Bonchev–Trinajstić information content (AvgIpc) is 2.60. The number of nitrogens with two attached hydrogens (primary N) is 2. The molecule has 11 heteroatoms. The number of likely N-dealkylation sites (tertiary alicyclic amines) is 1. The molecular formula is C17H22BN3O7. The molecule has 2 amide bonds. The van der Waals surface area contributed by atoms with Gasteiger partial charge in [-0.1, -0.05) is 6.07 Å². The van der Waals surface area contributed by atoms with Crippen LogP contribution in [0.2, 0.25) is 6.32 Å². The molecule has 0 radical (unpaired) electrons. The minimum atomic E-state index is -1.22. The summed E-state index contributed by atoms with van der Waals surface area (Å²) in [5, 5.41) is 19.2. The van der Waals surface area contributed by atoms with Crippen molar-refractivity contribution in [2.24, 2.45) is 11.5 Å². The fraction of sp³-hybridized carbons (Fsp3) is 0.471. The Hall–Kier alpha value is -2.79. The topological polar surface area (TPSA) is 165 Å². The number of carboxylic acids is 1. The Labute approximate surface area is 161 Å². The highest BCUT2D eigenvalue weighted by molar-refractivity contribution is 6.44. The molecule has 2 aliphatic rings. The number of primary amides is 1. The Bertz CT molecular complexity index is 797. The van der Waals surface area contributed by atoms with Crippen molar-refractivity contribution >= 4 is 24.9 Å². The zero-order valence-electron chi connectivity index (χ0n) is 15.2. The van der Waals surface area contributed by atoms with Gasteiger partial charge in [-0.05, 0) is 30.8 Å². The summed E-state index contributed by atoms with van der Waals surface area (Å²) >= 11 is 0. The Morgan fingerprint density at radius 2 is 2.07 bits per heavy atom. The van der Waals surface area contributed by atoms with Crippen LogP contribution >= 0.6 is 0 Å². The maximum atomic E-state index is 12.2. The molecule has 2 heterocycles. The van der Waals surface area contributed by atoms with Gasteiger partial charge in [0.1, 0.15) is 23.2 Å². The number of benzene rings is 1. The van der Waals surface area contributed by atoms with Crippen LogP contribution in [0.1, 0.15) is 28.8 Å². The van der Waals surface area contributed by atoms with Gasteiger partial charge < -0.3 is 35.9 Å². The molecule has 0 aliphatic carbocycles. The fourth-order valence-corrected chi connectivity index (χ4v) is 3.24.